The number of aryl methyl sites for hydroxylation is 2. The molecule has 1 amide bonds. The summed E-state index contributed by atoms with van der Waals surface area (Å²) >= 11 is 6.14. The summed E-state index contributed by atoms with van der Waals surface area (Å²) in [5.74, 6) is -0.0293. The number of amides is 1. The number of hydrogen-bond acceptors (Lipinski definition) is 4. The zero-order valence-corrected chi connectivity index (χ0v) is 14.2. The molecule has 0 unspecified atom stereocenters. The maximum atomic E-state index is 12.3. The first-order valence-electron chi connectivity index (χ1n) is 7.55. The summed E-state index contributed by atoms with van der Waals surface area (Å²) in [6, 6.07) is 7.53. The lowest BCUT2D eigenvalue weighted by Gasteiger charge is -2.03. The SMILES string of the molecule is CCn1cc(C(=O)Nc2ncn(Cc3ccccc3Cl)n2)c(C)n1. The highest BCUT2D eigenvalue weighted by Crippen LogP contribution is 2.16. The van der Waals surface area contributed by atoms with Crippen LogP contribution in [-0.2, 0) is 13.1 Å². The molecule has 0 saturated carbocycles. The van der Waals surface area contributed by atoms with Crippen LogP contribution in [0.3, 0.4) is 0 Å². The first-order chi connectivity index (χ1) is 11.6. The third kappa shape index (κ3) is 3.46. The van der Waals surface area contributed by atoms with E-state index in [0.717, 1.165) is 5.56 Å². The highest BCUT2D eigenvalue weighted by molar-refractivity contribution is 6.31. The number of benzene rings is 1. The normalized spacial score (nSPS) is 10.8. The quantitative estimate of drug-likeness (QED) is 0.772. The Labute approximate surface area is 144 Å². The van der Waals surface area contributed by atoms with Crippen molar-refractivity contribution in [2.24, 2.45) is 0 Å². The molecule has 2 heterocycles. The molecule has 0 aliphatic carbocycles. The van der Waals surface area contributed by atoms with E-state index in [0.29, 0.717) is 29.4 Å². The highest BCUT2D eigenvalue weighted by atomic mass is 35.5. The van der Waals surface area contributed by atoms with E-state index in [1.807, 2.05) is 31.2 Å². The zero-order valence-electron chi connectivity index (χ0n) is 13.4. The van der Waals surface area contributed by atoms with Crippen LogP contribution in [-0.4, -0.2) is 30.5 Å². The van der Waals surface area contributed by atoms with Crippen molar-refractivity contribution < 1.29 is 4.79 Å². The standard InChI is InChI=1S/C16H17ClN6O/c1-3-22-9-13(11(2)20-22)15(24)19-16-18-10-23(21-16)8-12-6-4-5-7-14(12)17/h4-7,9-10H,3,8H2,1-2H3,(H,19,21,24). The molecular formula is C16H17ClN6O. The molecule has 0 aliphatic rings. The van der Waals surface area contributed by atoms with Crippen LogP contribution < -0.4 is 5.32 Å². The number of nitrogens with one attached hydrogen (secondary N) is 1. The van der Waals surface area contributed by atoms with E-state index in [1.165, 1.54) is 0 Å². The van der Waals surface area contributed by atoms with Crippen molar-refractivity contribution in [3.63, 3.8) is 0 Å². The van der Waals surface area contributed by atoms with Crippen molar-refractivity contribution in [3.8, 4) is 0 Å². The molecule has 8 heteroatoms. The van der Waals surface area contributed by atoms with Crippen LogP contribution in [0.4, 0.5) is 5.95 Å². The molecule has 1 aromatic carbocycles. The number of halogens is 1. The zero-order chi connectivity index (χ0) is 17.1. The Hall–Kier alpha value is -2.67. The lowest BCUT2D eigenvalue weighted by Crippen LogP contribution is -2.14. The molecule has 1 N–H and O–H groups in total. The molecule has 0 atom stereocenters. The van der Waals surface area contributed by atoms with Gasteiger partial charge >= 0.3 is 0 Å². The Morgan fingerprint density at radius 2 is 2.04 bits per heavy atom. The first kappa shape index (κ1) is 16.2. The maximum Gasteiger partial charge on any atom is 0.261 e. The van der Waals surface area contributed by atoms with Crippen LogP contribution in [0.1, 0.15) is 28.5 Å². The van der Waals surface area contributed by atoms with Gasteiger partial charge in [0.1, 0.15) is 6.33 Å². The molecule has 0 fully saturated rings. The third-order valence-corrected chi connectivity index (χ3v) is 3.94. The largest absolute Gasteiger partial charge is 0.289 e. The molecule has 3 aromatic rings. The van der Waals surface area contributed by atoms with E-state index in [1.54, 1.807) is 28.8 Å². The molecule has 124 valence electrons. The van der Waals surface area contributed by atoms with Gasteiger partial charge in [-0.25, -0.2) is 9.67 Å². The third-order valence-electron chi connectivity index (χ3n) is 3.57. The monoisotopic (exact) mass is 344 g/mol. The average Bonchev–Trinajstić information content (AvgIpc) is 3.16. The molecule has 0 spiro atoms. The van der Waals surface area contributed by atoms with Gasteiger partial charge in [0.2, 0.25) is 5.95 Å². The Morgan fingerprint density at radius 1 is 1.25 bits per heavy atom. The molecule has 7 nitrogen and oxygen atoms in total. The summed E-state index contributed by atoms with van der Waals surface area (Å²) in [6.07, 6.45) is 3.27. The molecule has 3 rings (SSSR count). The molecule has 0 radical (unpaired) electrons. The van der Waals surface area contributed by atoms with Gasteiger partial charge in [0.15, 0.2) is 0 Å². The van der Waals surface area contributed by atoms with Crippen LogP contribution in [0.2, 0.25) is 5.02 Å². The number of rotatable bonds is 5. The second-order valence-electron chi connectivity index (χ2n) is 5.30. The summed E-state index contributed by atoms with van der Waals surface area (Å²) in [7, 11) is 0. The molecule has 24 heavy (non-hydrogen) atoms. The van der Waals surface area contributed by atoms with Crippen LogP contribution in [0.15, 0.2) is 36.8 Å². The fraction of sp³-hybridized carbons (Fsp3) is 0.250. The van der Waals surface area contributed by atoms with E-state index in [-0.39, 0.29) is 11.9 Å². The summed E-state index contributed by atoms with van der Waals surface area (Å²) < 4.78 is 3.34. The minimum atomic E-state index is -0.275. The lowest BCUT2D eigenvalue weighted by atomic mass is 10.2. The molecular weight excluding hydrogens is 328 g/mol. The summed E-state index contributed by atoms with van der Waals surface area (Å²) in [4.78, 5) is 16.4. The van der Waals surface area contributed by atoms with Crippen LogP contribution in [0.5, 0.6) is 0 Å². The van der Waals surface area contributed by atoms with Gasteiger partial charge in [-0.2, -0.15) is 5.10 Å². The topological polar surface area (TPSA) is 77.6 Å². The summed E-state index contributed by atoms with van der Waals surface area (Å²) in [5, 5.41) is 11.9. The minimum Gasteiger partial charge on any atom is -0.289 e. The second kappa shape index (κ2) is 6.84. The van der Waals surface area contributed by atoms with Gasteiger partial charge in [0, 0.05) is 17.8 Å². The van der Waals surface area contributed by atoms with Crippen molar-refractivity contribution in [2.75, 3.05) is 5.32 Å². The summed E-state index contributed by atoms with van der Waals surface area (Å²) in [5.41, 5.74) is 2.12. The van der Waals surface area contributed by atoms with Crippen LogP contribution in [0.25, 0.3) is 0 Å². The fourth-order valence-corrected chi connectivity index (χ4v) is 2.50. The number of nitrogens with zero attached hydrogens (tertiary/aromatic N) is 5. The van der Waals surface area contributed by atoms with Gasteiger partial charge in [-0.15, -0.1) is 5.10 Å². The second-order valence-corrected chi connectivity index (χ2v) is 5.70. The van der Waals surface area contributed by atoms with E-state index in [9.17, 15) is 4.79 Å². The molecule has 2 aromatic heterocycles. The molecule has 0 aliphatic heterocycles. The van der Waals surface area contributed by atoms with Crippen LogP contribution >= 0.6 is 11.6 Å². The smallest absolute Gasteiger partial charge is 0.261 e. The van der Waals surface area contributed by atoms with Gasteiger partial charge in [0.05, 0.1) is 17.8 Å². The Bertz CT molecular complexity index is 869. The minimum absolute atomic E-state index is 0.246. The van der Waals surface area contributed by atoms with Crippen molar-refractivity contribution >= 4 is 23.5 Å². The number of anilines is 1. The van der Waals surface area contributed by atoms with Crippen molar-refractivity contribution in [1.82, 2.24) is 24.5 Å². The Balaban J connectivity index is 1.70. The predicted octanol–water partition coefficient (Wildman–Crippen LogP) is 2.76. The Kier molecular flexibility index (Phi) is 4.61. The van der Waals surface area contributed by atoms with Crippen molar-refractivity contribution in [2.45, 2.75) is 26.9 Å². The summed E-state index contributed by atoms with van der Waals surface area (Å²) in [6.45, 7) is 4.95. The van der Waals surface area contributed by atoms with Gasteiger partial charge in [-0.05, 0) is 25.5 Å². The predicted molar refractivity (Wildman–Crippen MR) is 91.2 cm³/mol. The van der Waals surface area contributed by atoms with E-state index >= 15 is 0 Å². The van der Waals surface area contributed by atoms with Crippen LogP contribution in [0, 0.1) is 6.92 Å². The van der Waals surface area contributed by atoms with Crippen molar-refractivity contribution in [1.29, 1.82) is 0 Å². The number of aromatic nitrogens is 5. The van der Waals surface area contributed by atoms with E-state index in [4.69, 9.17) is 11.6 Å². The van der Waals surface area contributed by atoms with E-state index in [2.05, 4.69) is 20.5 Å². The molecule has 0 saturated heterocycles. The number of carbonyl (C=O) groups excluding carboxylic acids is 1. The van der Waals surface area contributed by atoms with Gasteiger partial charge in [-0.1, -0.05) is 29.8 Å². The van der Waals surface area contributed by atoms with Gasteiger partial charge in [0.25, 0.3) is 5.91 Å². The Morgan fingerprint density at radius 3 is 2.75 bits per heavy atom. The lowest BCUT2D eigenvalue weighted by molar-refractivity contribution is 0.102. The number of hydrogen-bond donors (Lipinski definition) is 1. The first-order valence-corrected chi connectivity index (χ1v) is 7.93. The van der Waals surface area contributed by atoms with E-state index < -0.39 is 0 Å². The van der Waals surface area contributed by atoms with Gasteiger partial charge in [-0.3, -0.25) is 14.8 Å². The maximum absolute atomic E-state index is 12.3. The molecule has 0 bridgehead atoms. The average molecular weight is 345 g/mol. The highest BCUT2D eigenvalue weighted by Gasteiger charge is 2.15. The van der Waals surface area contributed by atoms with Crippen molar-refractivity contribution in [3.05, 3.63) is 58.6 Å². The number of carbonyl (C=O) groups is 1. The fourth-order valence-electron chi connectivity index (χ4n) is 2.30. The van der Waals surface area contributed by atoms with Gasteiger partial charge < -0.3 is 0 Å².